The molecule has 2 atom stereocenters. The van der Waals surface area contributed by atoms with Crippen molar-refractivity contribution in [3.05, 3.63) is 34.6 Å². The lowest BCUT2D eigenvalue weighted by atomic mass is 10.1. The first-order chi connectivity index (χ1) is 8.04. The zero-order valence-electron chi connectivity index (χ0n) is 10.2. The predicted molar refractivity (Wildman–Crippen MR) is 68.7 cm³/mol. The molecular weight excluding hydrogens is 241 g/mol. The number of halogens is 2. The molecule has 0 spiro atoms. The van der Waals surface area contributed by atoms with E-state index >= 15 is 0 Å². The Hall–Kier alpha value is -0.640. The SMILES string of the molecule is CC(CCO)CNC(C)c1ccc(F)c(Cl)c1. The summed E-state index contributed by atoms with van der Waals surface area (Å²) in [4.78, 5) is 0. The molecule has 0 fully saturated rings. The molecular formula is C13H19ClFNO. The molecule has 0 aromatic heterocycles. The van der Waals surface area contributed by atoms with Crippen LogP contribution in [-0.2, 0) is 0 Å². The highest BCUT2D eigenvalue weighted by Gasteiger charge is 2.09. The quantitative estimate of drug-likeness (QED) is 0.823. The van der Waals surface area contributed by atoms with E-state index in [1.54, 1.807) is 12.1 Å². The summed E-state index contributed by atoms with van der Waals surface area (Å²) in [6, 6.07) is 4.88. The third-order valence-corrected chi connectivity index (χ3v) is 3.13. The summed E-state index contributed by atoms with van der Waals surface area (Å²) >= 11 is 5.73. The number of hydrogen-bond acceptors (Lipinski definition) is 2. The monoisotopic (exact) mass is 259 g/mol. The maximum Gasteiger partial charge on any atom is 0.141 e. The molecule has 0 heterocycles. The van der Waals surface area contributed by atoms with E-state index in [1.165, 1.54) is 6.07 Å². The van der Waals surface area contributed by atoms with Crippen LogP contribution in [-0.4, -0.2) is 18.3 Å². The van der Waals surface area contributed by atoms with E-state index < -0.39 is 5.82 Å². The number of aliphatic hydroxyl groups is 1. The number of benzene rings is 1. The summed E-state index contributed by atoms with van der Waals surface area (Å²) in [5, 5.41) is 12.3. The van der Waals surface area contributed by atoms with Crippen molar-refractivity contribution in [2.75, 3.05) is 13.2 Å². The number of nitrogens with one attached hydrogen (secondary N) is 1. The fourth-order valence-corrected chi connectivity index (χ4v) is 1.79. The number of rotatable bonds is 6. The Balaban J connectivity index is 2.52. The number of aliphatic hydroxyl groups excluding tert-OH is 1. The van der Waals surface area contributed by atoms with Gasteiger partial charge in [-0.3, -0.25) is 0 Å². The van der Waals surface area contributed by atoms with Crippen LogP contribution in [0, 0.1) is 11.7 Å². The van der Waals surface area contributed by atoms with Gasteiger partial charge in [-0.1, -0.05) is 24.6 Å². The lowest BCUT2D eigenvalue weighted by molar-refractivity contribution is 0.258. The van der Waals surface area contributed by atoms with Crippen molar-refractivity contribution in [1.29, 1.82) is 0 Å². The van der Waals surface area contributed by atoms with Crippen LogP contribution in [0.25, 0.3) is 0 Å². The van der Waals surface area contributed by atoms with Crippen molar-refractivity contribution in [2.45, 2.75) is 26.3 Å². The minimum absolute atomic E-state index is 0.120. The van der Waals surface area contributed by atoms with Gasteiger partial charge in [0.15, 0.2) is 0 Å². The summed E-state index contributed by atoms with van der Waals surface area (Å²) in [6.45, 7) is 5.11. The smallest absolute Gasteiger partial charge is 0.141 e. The molecule has 0 bridgehead atoms. The van der Waals surface area contributed by atoms with Crippen LogP contribution >= 0.6 is 11.6 Å². The van der Waals surface area contributed by atoms with E-state index in [0.29, 0.717) is 5.92 Å². The summed E-state index contributed by atoms with van der Waals surface area (Å²) in [6.07, 6.45) is 0.782. The Kier molecular flexibility index (Phi) is 5.89. The average Bonchev–Trinajstić information content (AvgIpc) is 2.30. The Morgan fingerprint density at radius 1 is 1.41 bits per heavy atom. The van der Waals surface area contributed by atoms with Gasteiger partial charge < -0.3 is 10.4 Å². The molecule has 0 aliphatic heterocycles. The lowest BCUT2D eigenvalue weighted by Gasteiger charge is -2.17. The maximum absolute atomic E-state index is 13.0. The molecule has 0 aliphatic rings. The van der Waals surface area contributed by atoms with Gasteiger partial charge in [0.2, 0.25) is 0 Å². The highest BCUT2D eigenvalue weighted by Crippen LogP contribution is 2.20. The minimum atomic E-state index is -0.392. The van der Waals surface area contributed by atoms with E-state index in [-0.39, 0.29) is 17.7 Å². The maximum atomic E-state index is 13.0. The molecule has 1 aromatic rings. The van der Waals surface area contributed by atoms with Gasteiger partial charge in [-0.25, -0.2) is 4.39 Å². The Bertz CT molecular complexity index is 359. The van der Waals surface area contributed by atoms with E-state index in [2.05, 4.69) is 12.2 Å². The summed E-state index contributed by atoms with van der Waals surface area (Å²) < 4.78 is 13.0. The molecule has 2 N–H and O–H groups in total. The molecule has 17 heavy (non-hydrogen) atoms. The largest absolute Gasteiger partial charge is 0.396 e. The Labute approximate surface area is 107 Å². The number of hydrogen-bond donors (Lipinski definition) is 2. The highest BCUT2D eigenvalue weighted by molar-refractivity contribution is 6.30. The van der Waals surface area contributed by atoms with Crippen LogP contribution in [0.1, 0.15) is 31.9 Å². The first kappa shape index (κ1) is 14.4. The Morgan fingerprint density at radius 2 is 2.12 bits per heavy atom. The van der Waals surface area contributed by atoms with Crippen LogP contribution in [0.2, 0.25) is 5.02 Å². The van der Waals surface area contributed by atoms with Gasteiger partial charge in [0.25, 0.3) is 0 Å². The van der Waals surface area contributed by atoms with E-state index in [4.69, 9.17) is 16.7 Å². The highest BCUT2D eigenvalue weighted by atomic mass is 35.5. The molecule has 0 radical (unpaired) electrons. The Morgan fingerprint density at radius 3 is 2.71 bits per heavy atom. The second-order valence-corrected chi connectivity index (χ2v) is 4.83. The molecule has 1 rings (SSSR count). The fraction of sp³-hybridized carbons (Fsp3) is 0.538. The van der Waals surface area contributed by atoms with Gasteiger partial charge >= 0.3 is 0 Å². The van der Waals surface area contributed by atoms with E-state index in [0.717, 1.165) is 18.5 Å². The molecule has 96 valence electrons. The zero-order chi connectivity index (χ0) is 12.8. The van der Waals surface area contributed by atoms with Gasteiger partial charge in [-0.15, -0.1) is 0 Å². The molecule has 4 heteroatoms. The first-order valence-electron chi connectivity index (χ1n) is 5.83. The van der Waals surface area contributed by atoms with Gasteiger partial charge in [-0.05, 0) is 43.5 Å². The van der Waals surface area contributed by atoms with Crippen molar-refractivity contribution in [3.63, 3.8) is 0 Å². The van der Waals surface area contributed by atoms with Gasteiger partial charge in [-0.2, -0.15) is 0 Å². The van der Waals surface area contributed by atoms with Crippen molar-refractivity contribution in [1.82, 2.24) is 5.32 Å². The second kappa shape index (κ2) is 6.94. The molecule has 0 saturated heterocycles. The molecule has 0 aliphatic carbocycles. The van der Waals surface area contributed by atoms with Crippen LogP contribution in [0.15, 0.2) is 18.2 Å². The van der Waals surface area contributed by atoms with Gasteiger partial charge in [0.05, 0.1) is 5.02 Å². The van der Waals surface area contributed by atoms with Crippen molar-refractivity contribution < 1.29 is 9.50 Å². The minimum Gasteiger partial charge on any atom is -0.396 e. The van der Waals surface area contributed by atoms with Crippen LogP contribution in [0.5, 0.6) is 0 Å². The van der Waals surface area contributed by atoms with Crippen LogP contribution < -0.4 is 5.32 Å². The van der Waals surface area contributed by atoms with Crippen molar-refractivity contribution in [2.24, 2.45) is 5.92 Å². The molecule has 1 aromatic carbocycles. The van der Waals surface area contributed by atoms with Crippen molar-refractivity contribution >= 4 is 11.6 Å². The van der Waals surface area contributed by atoms with Crippen molar-refractivity contribution in [3.8, 4) is 0 Å². The topological polar surface area (TPSA) is 32.3 Å². The summed E-state index contributed by atoms with van der Waals surface area (Å²) in [5.41, 5.74) is 0.965. The average molecular weight is 260 g/mol. The van der Waals surface area contributed by atoms with Crippen LogP contribution in [0.3, 0.4) is 0 Å². The molecule has 2 unspecified atom stereocenters. The normalized spacial score (nSPS) is 14.6. The predicted octanol–water partition coefficient (Wildman–Crippen LogP) is 3.15. The second-order valence-electron chi connectivity index (χ2n) is 4.42. The fourth-order valence-electron chi connectivity index (χ4n) is 1.60. The van der Waals surface area contributed by atoms with E-state index in [9.17, 15) is 4.39 Å². The first-order valence-corrected chi connectivity index (χ1v) is 6.21. The standard InChI is InChI=1S/C13H19ClFNO/c1-9(5-6-17)8-16-10(2)11-3-4-13(15)12(14)7-11/h3-4,7,9-10,16-17H,5-6,8H2,1-2H3. The third-order valence-electron chi connectivity index (χ3n) is 2.84. The summed E-state index contributed by atoms with van der Waals surface area (Å²) in [7, 11) is 0. The van der Waals surface area contributed by atoms with Gasteiger partial charge in [0, 0.05) is 12.6 Å². The molecule has 0 saturated carbocycles. The zero-order valence-corrected chi connectivity index (χ0v) is 11.0. The molecule has 2 nitrogen and oxygen atoms in total. The third kappa shape index (κ3) is 4.62. The molecule has 0 amide bonds. The van der Waals surface area contributed by atoms with Crippen LogP contribution in [0.4, 0.5) is 4.39 Å². The summed E-state index contributed by atoms with van der Waals surface area (Å²) in [5.74, 6) is 0.0228. The van der Waals surface area contributed by atoms with E-state index in [1.807, 2.05) is 6.92 Å². The lowest BCUT2D eigenvalue weighted by Crippen LogP contribution is -2.25. The van der Waals surface area contributed by atoms with Gasteiger partial charge in [0.1, 0.15) is 5.82 Å².